The third-order valence-corrected chi connectivity index (χ3v) is 5.24. The second kappa shape index (κ2) is 5.53. The number of hydrogen-bond acceptors (Lipinski definition) is 4. The zero-order chi connectivity index (χ0) is 16.8. The molecule has 1 atom stereocenters. The number of fused-ring (bicyclic) bond motifs is 3. The molecule has 122 valence electrons. The predicted octanol–water partition coefficient (Wildman–Crippen LogP) is 3.96. The minimum absolute atomic E-state index is 0.0135. The van der Waals surface area contributed by atoms with Gasteiger partial charge in [-0.3, -0.25) is 4.79 Å². The maximum absolute atomic E-state index is 12.1. The summed E-state index contributed by atoms with van der Waals surface area (Å²) in [5.74, 6) is 0.0538. The van der Waals surface area contributed by atoms with Gasteiger partial charge in [0.25, 0.3) is 0 Å². The molecule has 0 bridgehead atoms. The van der Waals surface area contributed by atoms with Gasteiger partial charge in [0, 0.05) is 23.6 Å². The van der Waals surface area contributed by atoms with Crippen LogP contribution in [0.15, 0.2) is 59.3 Å². The van der Waals surface area contributed by atoms with E-state index in [1.54, 1.807) is 16.1 Å². The van der Waals surface area contributed by atoms with Crippen LogP contribution in [0.2, 0.25) is 0 Å². The van der Waals surface area contributed by atoms with E-state index in [4.69, 9.17) is 5.10 Å². The highest BCUT2D eigenvalue weighted by molar-refractivity contribution is 7.08. The average molecular weight is 346 g/mol. The summed E-state index contributed by atoms with van der Waals surface area (Å²) in [4.78, 5) is 13.8. The Morgan fingerprint density at radius 1 is 1.08 bits per heavy atom. The molecule has 0 spiro atoms. The fraction of sp³-hybridized carbons (Fsp3) is 0.105. The van der Waals surface area contributed by atoms with Crippen LogP contribution in [0.1, 0.15) is 23.5 Å². The van der Waals surface area contributed by atoms with Gasteiger partial charge in [0.2, 0.25) is 5.91 Å². The Morgan fingerprint density at radius 2 is 1.96 bits per heavy atom. The maximum Gasteiger partial charge on any atom is 0.225 e. The molecule has 25 heavy (non-hydrogen) atoms. The number of nitrogens with one attached hydrogen (secondary N) is 1. The van der Waals surface area contributed by atoms with E-state index in [1.807, 2.05) is 47.8 Å². The second-order valence-electron chi connectivity index (χ2n) is 6.08. The van der Waals surface area contributed by atoms with Crippen LogP contribution < -0.4 is 5.32 Å². The highest BCUT2D eigenvalue weighted by Crippen LogP contribution is 2.41. The molecule has 2 aromatic carbocycles. The van der Waals surface area contributed by atoms with Crippen LogP contribution in [0.4, 0.5) is 5.69 Å². The summed E-state index contributed by atoms with van der Waals surface area (Å²) in [7, 11) is 0. The van der Waals surface area contributed by atoms with Crippen molar-refractivity contribution in [3.05, 3.63) is 70.4 Å². The Balaban J connectivity index is 1.74. The van der Waals surface area contributed by atoms with Crippen molar-refractivity contribution in [2.24, 2.45) is 0 Å². The van der Waals surface area contributed by atoms with Crippen molar-refractivity contribution in [3.8, 4) is 5.69 Å². The number of hydrogen-bond donors (Lipinski definition) is 1. The van der Waals surface area contributed by atoms with Crippen LogP contribution in [-0.4, -0.2) is 20.9 Å². The number of aromatic nitrogens is 3. The first-order valence-electron chi connectivity index (χ1n) is 8.07. The molecule has 3 heterocycles. The third kappa shape index (κ3) is 2.34. The molecule has 6 heteroatoms. The molecule has 0 aliphatic carbocycles. The van der Waals surface area contributed by atoms with Crippen molar-refractivity contribution in [1.82, 2.24) is 15.0 Å². The van der Waals surface area contributed by atoms with Gasteiger partial charge in [0.15, 0.2) is 0 Å². The summed E-state index contributed by atoms with van der Waals surface area (Å²) in [6.07, 6.45) is 0.432. The largest absolute Gasteiger partial charge is 0.326 e. The molecule has 4 aromatic rings. The summed E-state index contributed by atoms with van der Waals surface area (Å²) in [5.41, 5.74) is 5.64. The van der Waals surface area contributed by atoms with Crippen LogP contribution in [0, 0.1) is 0 Å². The molecule has 5 rings (SSSR count). The number of carbonyl (C=O) groups is 1. The Labute approximate surface area is 147 Å². The highest BCUT2D eigenvalue weighted by atomic mass is 32.1. The number of nitrogens with zero attached hydrogens (tertiary/aromatic N) is 3. The Morgan fingerprint density at radius 3 is 2.76 bits per heavy atom. The van der Waals surface area contributed by atoms with Gasteiger partial charge in [-0.15, -0.1) is 10.2 Å². The topological polar surface area (TPSA) is 59.8 Å². The number of rotatable bonds is 2. The standard InChI is InChI=1S/C19H14N4OS/c24-17-10-14(12-8-9-25-11-12)18-15(20-17)6-7-16-19(18)22-23(21-16)13-4-2-1-3-5-13/h1-9,11,14H,10H2,(H,20,24). The number of amides is 1. The fourth-order valence-electron chi connectivity index (χ4n) is 3.39. The summed E-state index contributed by atoms with van der Waals surface area (Å²) in [6, 6.07) is 15.8. The zero-order valence-electron chi connectivity index (χ0n) is 13.2. The van der Waals surface area contributed by atoms with Crippen LogP contribution >= 0.6 is 11.3 Å². The molecule has 0 radical (unpaired) electrons. The van der Waals surface area contributed by atoms with Gasteiger partial charge in [-0.25, -0.2) is 0 Å². The summed E-state index contributed by atoms with van der Waals surface area (Å²) in [5, 5.41) is 16.5. The van der Waals surface area contributed by atoms with Crippen molar-refractivity contribution < 1.29 is 4.79 Å². The first-order valence-corrected chi connectivity index (χ1v) is 9.01. The summed E-state index contributed by atoms with van der Waals surface area (Å²) in [6.45, 7) is 0. The van der Waals surface area contributed by atoms with Gasteiger partial charge in [-0.2, -0.15) is 16.1 Å². The van der Waals surface area contributed by atoms with E-state index in [2.05, 4.69) is 21.9 Å². The lowest BCUT2D eigenvalue weighted by Crippen LogP contribution is -2.23. The Bertz CT molecular complexity index is 1070. The van der Waals surface area contributed by atoms with Gasteiger partial charge in [0.1, 0.15) is 11.0 Å². The number of carbonyl (C=O) groups excluding carboxylic acids is 1. The van der Waals surface area contributed by atoms with Crippen molar-refractivity contribution >= 4 is 34.0 Å². The van der Waals surface area contributed by atoms with E-state index in [0.29, 0.717) is 6.42 Å². The van der Waals surface area contributed by atoms with Crippen molar-refractivity contribution in [2.45, 2.75) is 12.3 Å². The maximum atomic E-state index is 12.1. The molecule has 1 N–H and O–H groups in total. The molecule has 1 aliphatic heterocycles. The van der Waals surface area contributed by atoms with Crippen molar-refractivity contribution in [2.75, 3.05) is 5.32 Å². The van der Waals surface area contributed by atoms with Crippen LogP contribution in [0.25, 0.3) is 16.7 Å². The average Bonchev–Trinajstić information content (AvgIpc) is 3.31. The van der Waals surface area contributed by atoms with Crippen LogP contribution in [-0.2, 0) is 4.79 Å². The first-order chi connectivity index (χ1) is 12.3. The van der Waals surface area contributed by atoms with E-state index < -0.39 is 0 Å². The summed E-state index contributed by atoms with van der Waals surface area (Å²) < 4.78 is 0. The number of para-hydroxylation sites is 1. The minimum atomic E-state index is 0.0135. The molecule has 2 aromatic heterocycles. The van der Waals surface area contributed by atoms with E-state index in [9.17, 15) is 4.79 Å². The lowest BCUT2D eigenvalue weighted by Gasteiger charge is -2.25. The van der Waals surface area contributed by atoms with E-state index >= 15 is 0 Å². The molecule has 0 saturated carbocycles. The van der Waals surface area contributed by atoms with E-state index in [0.717, 1.165) is 33.5 Å². The monoisotopic (exact) mass is 346 g/mol. The smallest absolute Gasteiger partial charge is 0.225 e. The van der Waals surface area contributed by atoms with E-state index in [1.165, 1.54) is 0 Å². The fourth-order valence-corrected chi connectivity index (χ4v) is 4.10. The molecule has 0 fully saturated rings. The normalized spacial score (nSPS) is 16.6. The molecular formula is C19H14N4OS. The summed E-state index contributed by atoms with van der Waals surface area (Å²) >= 11 is 1.64. The second-order valence-corrected chi connectivity index (χ2v) is 6.86. The van der Waals surface area contributed by atoms with Gasteiger partial charge in [-0.05, 0) is 46.7 Å². The Kier molecular flexibility index (Phi) is 3.18. The third-order valence-electron chi connectivity index (χ3n) is 4.54. The van der Waals surface area contributed by atoms with Crippen LogP contribution in [0.5, 0.6) is 0 Å². The zero-order valence-corrected chi connectivity index (χ0v) is 14.0. The SMILES string of the molecule is O=C1CC(c2ccsc2)c2c(ccc3nn(-c4ccccc4)nc23)N1. The number of benzene rings is 2. The van der Waals surface area contributed by atoms with Gasteiger partial charge in [-0.1, -0.05) is 18.2 Å². The van der Waals surface area contributed by atoms with Gasteiger partial charge < -0.3 is 5.32 Å². The van der Waals surface area contributed by atoms with Gasteiger partial charge in [0.05, 0.1) is 5.69 Å². The highest BCUT2D eigenvalue weighted by Gasteiger charge is 2.30. The first kappa shape index (κ1) is 14.4. The number of anilines is 1. The van der Waals surface area contributed by atoms with Gasteiger partial charge >= 0.3 is 0 Å². The van der Waals surface area contributed by atoms with Crippen molar-refractivity contribution in [1.29, 1.82) is 0 Å². The van der Waals surface area contributed by atoms with Crippen molar-refractivity contribution in [3.63, 3.8) is 0 Å². The molecule has 1 aliphatic rings. The quantitative estimate of drug-likeness (QED) is 0.598. The predicted molar refractivity (Wildman–Crippen MR) is 98.3 cm³/mol. The van der Waals surface area contributed by atoms with Crippen LogP contribution in [0.3, 0.4) is 0 Å². The van der Waals surface area contributed by atoms with E-state index in [-0.39, 0.29) is 11.8 Å². The molecule has 0 saturated heterocycles. The molecule has 5 nitrogen and oxygen atoms in total. The minimum Gasteiger partial charge on any atom is -0.326 e. The molecular weight excluding hydrogens is 332 g/mol. The molecule has 1 unspecified atom stereocenters. The lowest BCUT2D eigenvalue weighted by molar-refractivity contribution is -0.116. The lowest BCUT2D eigenvalue weighted by atomic mass is 9.85. The molecule has 1 amide bonds. The Hall–Kier alpha value is -2.99. The number of thiophene rings is 1.